The van der Waals surface area contributed by atoms with Gasteiger partial charge in [0, 0.05) is 11.4 Å². The molecule has 0 spiro atoms. The highest BCUT2D eigenvalue weighted by atomic mass is 16.5. The van der Waals surface area contributed by atoms with E-state index in [4.69, 9.17) is 4.74 Å². The molecule has 1 saturated carbocycles. The number of amides is 1. The van der Waals surface area contributed by atoms with Crippen LogP contribution in [0, 0.1) is 12.8 Å². The standard InChI is InChI=1S/C22H28N2O3/c1-4-18-21(15(3)17-7-5-6-8-19(17)24-18)22(26)27-13-20(25)23-16-11-9-14(2)10-12-16/h5-8,14,16H,4,9-13H2,1-3H3,(H,23,25). The highest BCUT2D eigenvalue weighted by molar-refractivity contribution is 5.99. The molecule has 1 heterocycles. The predicted octanol–water partition coefficient (Wildman–Crippen LogP) is 3.96. The number of hydrogen-bond acceptors (Lipinski definition) is 4. The largest absolute Gasteiger partial charge is 0.452 e. The number of rotatable bonds is 5. The van der Waals surface area contributed by atoms with E-state index in [1.165, 1.54) is 0 Å². The predicted molar refractivity (Wildman–Crippen MR) is 106 cm³/mol. The highest BCUT2D eigenvalue weighted by Gasteiger charge is 2.22. The Balaban J connectivity index is 1.67. The van der Waals surface area contributed by atoms with E-state index < -0.39 is 5.97 Å². The van der Waals surface area contributed by atoms with Crippen molar-refractivity contribution in [3.63, 3.8) is 0 Å². The van der Waals surface area contributed by atoms with Gasteiger partial charge >= 0.3 is 5.97 Å². The SMILES string of the molecule is CCc1nc2ccccc2c(C)c1C(=O)OCC(=O)NC1CCC(C)CC1. The van der Waals surface area contributed by atoms with Crippen LogP contribution in [0.15, 0.2) is 24.3 Å². The minimum absolute atomic E-state index is 0.197. The first kappa shape index (κ1) is 19.3. The minimum atomic E-state index is -0.477. The monoisotopic (exact) mass is 368 g/mol. The van der Waals surface area contributed by atoms with Gasteiger partial charge in [0.2, 0.25) is 0 Å². The first-order chi connectivity index (χ1) is 13.0. The number of carbonyl (C=O) groups excluding carboxylic acids is 2. The van der Waals surface area contributed by atoms with Gasteiger partial charge in [-0.05, 0) is 56.6 Å². The first-order valence-corrected chi connectivity index (χ1v) is 9.84. The lowest BCUT2D eigenvalue weighted by Crippen LogP contribution is -2.39. The molecule has 1 fully saturated rings. The Morgan fingerprint density at radius 2 is 1.89 bits per heavy atom. The van der Waals surface area contributed by atoms with Crippen molar-refractivity contribution < 1.29 is 14.3 Å². The van der Waals surface area contributed by atoms with Crippen LogP contribution < -0.4 is 5.32 Å². The molecule has 0 bridgehead atoms. The van der Waals surface area contributed by atoms with Gasteiger partial charge in [-0.2, -0.15) is 0 Å². The Labute approximate surface area is 160 Å². The molecule has 3 rings (SSSR count). The molecule has 1 N–H and O–H groups in total. The van der Waals surface area contributed by atoms with E-state index >= 15 is 0 Å². The van der Waals surface area contributed by atoms with Gasteiger partial charge in [0.25, 0.3) is 5.91 Å². The molecular formula is C22H28N2O3. The summed E-state index contributed by atoms with van der Waals surface area (Å²) in [5.41, 5.74) is 2.91. The number of nitrogens with zero attached hydrogens (tertiary/aromatic N) is 1. The Kier molecular flexibility index (Phi) is 6.09. The lowest BCUT2D eigenvalue weighted by atomic mass is 9.87. The Bertz CT molecular complexity index is 839. The molecule has 144 valence electrons. The lowest BCUT2D eigenvalue weighted by molar-refractivity contribution is -0.125. The maximum atomic E-state index is 12.7. The number of ether oxygens (including phenoxy) is 1. The van der Waals surface area contributed by atoms with Gasteiger partial charge in [-0.3, -0.25) is 9.78 Å². The topological polar surface area (TPSA) is 68.3 Å². The zero-order chi connectivity index (χ0) is 19.4. The molecular weight excluding hydrogens is 340 g/mol. The fraction of sp³-hybridized carbons (Fsp3) is 0.500. The van der Waals surface area contributed by atoms with Gasteiger partial charge in [-0.15, -0.1) is 0 Å². The van der Waals surface area contributed by atoms with Gasteiger partial charge in [0.05, 0.1) is 16.8 Å². The number of esters is 1. The second-order valence-electron chi connectivity index (χ2n) is 7.53. The summed E-state index contributed by atoms with van der Waals surface area (Å²) in [5, 5.41) is 3.92. The third kappa shape index (κ3) is 4.46. The van der Waals surface area contributed by atoms with E-state index in [9.17, 15) is 9.59 Å². The van der Waals surface area contributed by atoms with Crippen molar-refractivity contribution in [2.24, 2.45) is 5.92 Å². The Morgan fingerprint density at radius 3 is 2.59 bits per heavy atom. The van der Waals surface area contributed by atoms with Crippen molar-refractivity contribution in [2.75, 3.05) is 6.61 Å². The highest BCUT2D eigenvalue weighted by Crippen LogP contribution is 2.25. The summed E-state index contributed by atoms with van der Waals surface area (Å²) in [5.74, 6) is 0.0224. The average Bonchev–Trinajstić information content (AvgIpc) is 2.67. The van der Waals surface area contributed by atoms with Crippen LogP contribution in [0.4, 0.5) is 0 Å². The van der Waals surface area contributed by atoms with Gasteiger partial charge in [0.1, 0.15) is 0 Å². The van der Waals surface area contributed by atoms with Crippen LogP contribution in [-0.2, 0) is 16.0 Å². The molecule has 2 aromatic rings. The zero-order valence-electron chi connectivity index (χ0n) is 16.4. The van der Waals surface area contributed by atoms with Gasteiger partial charge in [0.15, 0.2) is 6.61 Å². The van der Waals surface area contributed by atoms with Crippen LogP contribution >= 0.6 is 0 Å². The fourth-order valence-corrected chi connectivity index (χ4v) is 3.84. The third-order valence-electron chi connectivity index (χ3n) is 5.48. The molecule has 0 saturated heterocycles. The van der Waals surface area contributed by atoms with Crippen molar-refractivity contribution in [3.05, 3.63) is 41.1 Å². The lowest BCUT2D eigenvalue weighted by Gasteiger charge is -2.26. The smallest absolute Gasteiger partial charge is 0.340 e. The zero-order valence-corrected chi connectivity index (χ0v) is 16.4. The molecule has 1 aliphatic rings. The number of carbonyl (C=O) groups is 2. The van der Waals surface area contributed by atoms with Crippen LogP contribution in [0.1, 0.15) is 61.1 Å². The quantitative estimate of drug-likeness (QED) is 0.811. The van der Waals surface area contributed by atoms with Crippen LogP contribution in [0.2, 0.25) is 0 Å². The number of benzene rings is 1. The van der Waals surface area contributed by atoms with Gasteiger partial charge in [-0.25, -0.2) is 4.79 Å². The van der Waals surface area contributed by atoms with Gasteiger partial charge < -0.3 is 10.1 Å². The van der Waals surface area contributed by atoms with E-state index in [0.717, 1.165) is 48.1 Å². The molecule has 1 aliphatic carbocycles. The molecule has 1 aromatic carbocycles. The normalized spacial score (nSPS) is 19.7. The maximum Gasteiger partial charge on any atom is 0.340 e. The maximum absolute atomic E-state index is 12.7. The number of fused-ring (bicyclic) bond motifs is 1. The molecule has 1 aromatic heterocycles. The molecule has 27 heavy (non-hydrogen) atoms. The minimum Gasteiger partial charge on any atom is -0.452 e. The second-order valence-corrected chi connectivity index (χ2v) is 7.53. The number of pyridine rings is 1. The van der Waals surface area contributed by atoms with E-state index in [2.05, 4.69) is 17.2 Å². The number of aryl methyl sites for hydroxylation is 2. The molecule has 0 radical (unpaired) electrons. The third-order valence-corrected chi connectivity index (χ3v) is 5.48. The van der Waals surface area contributed by atoms with Gasteiger partial charge in [-0.1, -0.05) is 32.0 Å². The van der Waals surface area contributed by atoms with Crippen molar-refractivity contribution in [2.45, 2.75) is 58.9 Å². The van der Waals surface area contributed by atoms with Crippen LogP contribution in [-0.4, -0.2) is 29.5 Å². The van der Waals surface area contributed by atoms with Crippen LogP contribution in [0.5, 0.6) is 0 Å². The number of hydrogen-bond donors (Lipinski definition) is 1. The summed E-state index contributed by atoms with van der Waals surface area (Å²) in [6, 6.07) is 7.95. The number of aromatic nitrogens is 1. The molecule has 0 unspecified atom stereocenters. The molecule has 0 aliphatic heterocycles. The van der Waals surface area contributed by atoms with E-state index in [1.54, 1.807) is 0 Å². The van der Waals surface area contributed by atoms with E-state index in [0.29, 0.717) is 17.7 Å². The van der Waals surface area contributed by atoms with E-state index in [1.807, 2.05) is 38.1 Å². The van der Waals surface area contributed by atoms with E-state index in [-0.39, 0.29) is 18.6 Å². The summed E-state index contributed by atoms with van der Waals surface area (Å²) >= 11 is 0. The second kappa shape index (κ2) is 8.51. The Hall–Kier alpha value is -2.43. The molecule has 0 atom stereocenters. The molecule has 5 heteroatoms. The summed E-state index contributed by atoms with van der Waals surface area (Å²) < 4.78 is 5.33. The van der Waals surface area contributed by atoms with Crippen molar-refractivity contribution in [1.29, 1.82) is 0 Å². The first-order valence-electron chi connectivity index (χ1n) is 9.84. The summed E-state index contributed by atoms with van der Waals surface area (Å²) in [4.78, 5) is 29.5. The summed E-state index contributed by atoms with van der Waals surface area (Å²) in [7, 11) is 0. The van der Waals surface area contributed by atoms with Crippen molar-refractivity contribution >= 4 is 22.8 Å². The molecule has 5 nitrogen and oxygen atoms in total. The van der Waals surface area contributed by atoms with Crippen molar-refractivity contribution in [1.82, 2.24) is 10.3 Å². The average molecular weight is 368 g/mol. The number of nitrogens with one attached hydrogen (secondary N) is 1. The Morgan fingerprint density at radius 1 is 1.19 bits per heavy atom. The molecule has 1 amide bonds. The van der Waals surface area contributed by atoms with Crippen LogP contribution in [0.3, 0.4) is 0 Å². The van der Waals surface area contributed by atoms with Crippen LogP contribution in [0.25, 0.3) is 10.9 Å². The number of para-hydroxylation sites is 1. The summed E-state index contributed by atoms with van der Waals surface area (Å²) in [6.45, 7) is 5.86. The fourth-order valence-electron chi connectivity index (χ4n) is 3.84. The van der Waals surface area contributed by atoms with Crippen molar-refractivity contribution in [3.8, 4) is 0 Å². The summed E-state index contributed by atoms with van der Waals surface area (Å²) in [6.07, 6.45) is 4.88.